The maximum absolute atomic E-state index is 10.7. The zero-order valence-electron chi connectivity index (χ0n) is 11.0. The van der Waals surface area contributed by atoms with Gasteiger partial charge >= 0.3 is 5.97 Å². The number of hydrogen-bond donors (Lipinski definition) is 0. The lowest BCUT2D eigenvalue weighted by molar-refractivity contribution is -0.144. The lowest BCUT2D eigenvalue weighted by atomic mass is 9.98. The topological polar surface area (TPSA) is 26.3 Å². The smallest absolute Gasteiger partial charge is 0.330 e. The predicted molar refractivity (Wildman–Crippen MR) is 70.9 cm³/mol. The summed E-state index contributed by atoms with van der Waals surface area (Å²) in [4.78, 5) is 10.7. The summed E-state index contributed by atoms with van der Waals surface area (Å²) >= 11 is 0. The van der Waals surface area contributed by atoms with E-state index in [1.807, 2.05) is 0 Å². The Hall–Kier alpha value is -0.790. The number of carbonyl (C=O) groups is 1. The van der Waals surface area contributed by atoms with Crippen LogP contribution >= 0.6 is 0 Å². The van der Waals surface area contributed by atoms with Gasteiger partial charge in [-0.15, -0.1) is 0 Å². The Morgan fingerprint density at radius 2 is 1.29 bits per heavy atom. The molecule has 0 aromatic rings. The average Bonchev–Trinajstić information content (AvgIpc) is 2.42. The highest BCUT2D eigenvalue weighted by Crippen LogP contribution is 2.20. The first-order valence-electron chi connectivity index (χ1n) is 7.16. The van der Waals surface area contributed by atoms with Gasteiger partial charge in [0.2, 0.25) is 0 Å². The minimum absolute atomic E-state index is 0.161. The van der Waals surface area contributed by atoms with E-state index in [9.17, 15) is 4.79 Å². The van der Waals surface area contributed by atoms with Crippen molar-refractivity contribution in [3.63, 3.8) is 0 Å². The van der Waals surface area contributed by atoms with Crippen LogP contribution in [0.5, 0.6) is 0 Å². The van der Waals surface area contributed by atoms with Crippen LogP contribution in [0.4, 0.5) is 0 Å². The molecule has 2 saturated carbocycles. The summed E-state index contributed by atoms with van der Waals surface area (Å²) in [6.07, 6.45) is 16.1. The molecule has 0 spiro atoms. The highest BCUT2D eigenvalue weighted by atomic mass is 16.5. The third-order valence-corrected chi connectivity index (χ3v) is 3.50. The Balaban J connectivity index is 0.000000202. The molecular formula is C15H26O2. The molecule has 17 heavy (non-hydrogen) atoms. The summed E-state index contributed by atoms with van der Waals surface area (Å²) in [5.41, 5.74) is 0. The molecule has 0 aromatic heterocycles. The van der Waals surface area contributed by atoms with Crippen molar-refractivity contribution in [2.75, 3.05) is 0 Å². The SMILES string of the molecule is C1CCCCC1.C=CC(=O)OC1CCCCC1. The van der Waals surface area contributed by atoms with Crippen LogP contribution in [0.25, 0.3) is 0 Å². The second-order valence-electron chi connectivity index (χ2n) is 5.02. The molecule has 98 valence electrons. The van der Waals surface area contributed by atoms with Gasteiger partial charge in [-0.25, -0.2) is 4.79 Å². The molecule has 0 heterocycles. The van der Waals surface area contributed by atoms with Crippen LogP contribution in [-0.4, -0.2) is 12.1 Å². The van der Waals surface area contributed by atoms with E-state index in [0.29, 0.717) is 0 Å². The van der Waals surface area contributed by atoms with Crippen LogP contribution in [0, 0.1) is 0 Å². The molecule has 0 aromatic carbocycles. The molecule has 0 radical (unpaired) electrons. The maximum Gasteiger partial charge on any atom is 0.330 e. The van der Waals surface area contributed by atoms with Crippen molar-refractivity contribution in [2.24, 2.45) is 0 Å². The van der Waals surface area contributed by atoms with E-state index in [0.717, 1.165) is 12.8 Å². The Kier molecular flexibility index (Phi) is 7.78. The highest BCUT2D eigenvalue weighted by Gasteiger charge is 2.15. The van der Waals surface area contributed by atoms with E-state index >= 15 is 0 Å². The molecule has 0 unspecified atom stereocenters. The summed E-state index contributed by atoms with van der Waals surface area (Å²) in [5.74, 6) is -0.281. The first-order valence-corrected chi connectivity index (χ1v) is 7.16. The fourth-order valence-electron chi connectivity index (χ4n) is 2.46. The van der Waals surface area contributed by atoms with Crippen molar-refractivity contribution in [2.45, 2.75) is 76.7 Å². The molecule has 2 heteroatoms. The van der Waals surface area contributed by atoms with Crippen LogP contribution in [0.2, 0.25) is 0 Å². The van der Waals surface area contributed by atoms with Crippen LogP contribution in [-0.2, 0) is 9.53 Å². The molecule has 0 bridgehead atoms. The van der Waals surface area contributed by atoms with Crippen LogP contribution < -0.4 is 0 Å². The van der Waals surface area contributed by atoms with Gasteiger partial charge in [-0.05, 0) is 25.7 Å². The van der Waals surface area contributed by atoms with E-state index in [-0.39, 0.29) is 12.1 Å². The zero-order valence-corrected chi connectivity index (χ0v) is 11.0. The highest BCUT2D eigenvalue weighted by molar-refractivity contribution is 5.81. The van der Waals surface area contributed by atoms with E-state index in [2.05, 4.69) is 6.58 Å². The van der Waals surface area contributed by atoms with Gasteiger partial charge < -0.3 is 4.74 Å². The third-order valence-electron chi connectivity index (χ3n) is 3.50. The molecule has 2 fully saturated rings. The van der Waals surface area contributed by atoms with E-state index in [1.165, 1.54) is 63.9 Å². The molecular weight excluding hydrogens is 212 g/mol. The van der Waals surface area contributed by atoms with Crippen LogP contribution in [0.1, 0.15) is 70.6 Å². The van der Waals surface area contributed by atoms with E-state index < -0.39 is 0 Å². The molecule has 0 atom stereocenters. The number of hydrogen-bond acceptors (Lipinski definition) is 2. The van der Waals surface area contributed by atoms with Crippen LogP contribution in [0.3, 0.4) is 0 Å². The molecule has 0 N–H and O–H groups in total. The van der Waals surface area contributed by atoms with Gasteiger partial charge in [0, 0.05) is 6.08 Å². The quantitative estimate of drug-likeness (QED) is 0.527. The second-order valence-corrected chi connectivity index (χ2v) is 5.02. The Morgan fingerprint density at radius 3 is 1.71 bits per heavy atom. The van der Waals surface area contributed by atoms with Gasteiger partial charge in [0.1, 0.15) is 6.10 Å². The molecule has 0 aliphatic heterocycles. The number of esters is 1. The largest absolute Gasteiger partial charge is 0.459 e. The van der Waals surface area contributed by atoms with Crippen LogP contribution in [0.15, 0.2) is 12.7 Å². The Labute approximate surface area is 105 Å². The van der Waals surface area contributed by atoms with Crippen molar-refractivity contribution >= 4 is 5.97 Å². The van der Waals surface area contributed by atoms with Gasteiger partial charge in [-0.1, -0.05) is 51.5 Å². The zero-order chi connectivity index (χ0) is 12.3. The summed E-state index contributed by atoms with van der Waals surface area (Å²) in [5, 5.41) is 0. The number of carbonyl (C=O) groups excluding carboxylic acids is 1. The fourth-order valence-corrected chi connectivity index (χ4v) is 2.46. The first kappa shape index (κ1) is 14.3. The number of ether oxygens (including phenoxy) is 1. The van der Waals surface area contributed by atoms with E-state index in [1.54, 1.807) is 0 Å². The summed E-state index contributed by atoms with van der Waals surface area (Å²) in [7, 11) is 0. The number of rotatable bonds is 2. The lowest BCUT2D eigenvalue weighted by Crippen LogP contribution is -2.19. The van der Waals surface area contributed by atoms with Crippen molar-refractivity contribution in [1.29, 1.82) is 0 Å². The predicted octanol–water partition coefficient (Wildman–Crippen LogP) is 4.39. The molecule has 0 saturated heterocycles. The van der Waals surface area contributed by atoms with Gasteiger partial charge in [-0.2, -0.15) is 0 Å². The normalized spacial score (nSPS) is 20.9. The van der Waals surface area contributed by atoms with Crippen molar-refractivity contribution in [3.05, 3.63) is 12.7 Å². The minimum atomic E-state index is -0.281. The standard InChI is InChI=1S/C9H14O2.C6H12/c1-2-9(10)11-8-6-4-3-5-7-8;1-2-4-6-5-3-1/h2,8H,1,3-7H2;1-6H2. The van der Waals surface area contributed by atoms with Crippen molar-refractivity contribution < 1.29 is 9.53 Å². The Morgan fingerprint density at radius 1 is 0.882 bits per heavy atom. The lowest BCUT2D eigenvalue weighted by Gasteiger charge is -2.20. The summed E-state index contributed by atoms with van der Waals surface area (Å²) in [6.45, 7) is 3.35. The third kappa shape index (κ3) is 7.19. The monoisotopic (exact) mass is 238 g/mol. The Bertz CT molecular complexity index is 201. The average molecular weight is 238 g/mol. The first-order chi connectivity index (χ1) is 8.33. The molecule has 0 amide bonds. The molecule has 2 nitrogen and oxygen atoms in total. The summed E-state index contributed by atoms with van der Waals surface area (Å²) in [6, 6.07) is 0. The van der Waals surface area contributed by atoms with Crippen molar-refractivity contribution in [3.8, 4) is 0 Å². The fraction of sp³-hybridized carbons (Fsp3) is 0.800. The molecule has 2 aliphatic rings. The minimum Gasteiger partial charge on any atom is -0.459 e. The van der Waals surface area contributed by atoms with Gasteiger partial charge in [-0.3, -0.25) is 0 Å². The van der Waals surface area contributed by atoms with Gasteiger partial charge in [0.15, 0.2) is 0 Å². The molecule has 2 rings (SSSR count). The van der Waals surface area contributed by atoms with Gasteiger partial charge in [0.25, 0.3) is 0 Å². The molecule has 2 aliphatic carbocycles. The second kappa shape index (κ2) is 9.26. The van der Waals surface area contributed by atoms with Crippen molar-refractivity contribution in [1.82, 2.24) is 0 Å². The van der Waals surface area contributed by atoms with Gasteiger partial charge in [0.05, 0.1) is 0 Å². The van der Waals surface area contributed by atoms with E-state index in [4.69, 9.17) is 4.74 Å². The maximum atomic E-state index is 10.7. The summed E-state index contributed by atoms with van der Waals surface area (Å²) < 4.78 is 5.08.